The number of nitrogens with one attached hydrogen (secondary N) is 2. The summed E-state index contributed by atoms with van der Waals surface area (Å²) in [6, 6.07) is 30.9. The Kier molecular flexibility index (Phi) is 8.60. The number of piperidine rings is 1. The number of likely N-dealkylation sites (tertiary alicyclic amines) is 1. The molecule has 0 spiro atoms. The van der Waals surface area contributed by atoms with Crippen molar-refractivity contribution in [3.8, 4) is 0 Å². The summed E-state index contributed by atoms with van der Waals surface area (Å²) < 4.78 is 23.7. The van der Waals surface area contributed by atoms with E-state index in [9.17, 15) is 4.21 Å². The molecule has 3 aromatic carbocycles. The van der Waals surface area contributed by atoms with Crippen LogP contribution < -0.4 is 0 Å². The molecule has 41 heavy (non-hydrogen) atoms. The minimum absolute atomic E-state index is 0.0340. The fourth-order valence-corrected chi connectivity index (χ4v) is 17.0. The molecule has 0 amide bonds. The SMILES string of the molecule is CI(C[C@@]1(c2ccccc2)CC[C@@H]1CN1CCC(c2n[nH]c(Cc3ccccc3)n2)CC1)S(=N)(=O)c1ccccc1. The molecule has 0 radical (unpaired) electrons. The number of halogens is 1. The van der Waals surface area contributed by atoms with E-state index in [-0.39, 0.29) is 5.41 Å². The summed E-state index contributed by atoms with van der Waals surface area (Å²) in [6.45, 7) is 0.446. The average molecular weight is 682 g/mol. The van der Waals surface area contributed by atoms with Gasteiger partial charge in [-0.2, -0.15) is 0 Å². The van der Waals surface area contributed by atoms with Crippen molar-refractivity contribution in [1.29, 1.82) is 4.78 Å². The molecular weight excluding hydrogens is 641 g/mol. The van der Waals surface area contributed by atoms with Gasteiger partial charge in [-0.15, -0.1) is 0 Å². The summed E-state index contributed by atoms with van der Waals surface area (Å²) in [6.07, 6.45) is 5.27. The number of hydrogen-bond donors (Lipinski definition) is 2. The summed E-state index contributed by atoms with van der Waals surface area (Å²) in [4.78, 5) is 10.4. The van der Waals surface area contributed by atoms with Gasteiger partial charge in [0.15, 0.2) is 0 Å². The molecule has 1 saturated carbocycles. The van der Waals surface area contributed by atoms with Crippen LogP contribution in [0.5, 0.6) is 0 Å². The Balaban J connectivity index is 1.11. The molecule has 1 aliphatic heterocycles. The van der Waals surface area contributed by atoms with E-state index in [0.29, 0.717) is 16.7 Å². The molecule has 1 saturated heterocycles. The Morgan fingerprint density at radius 2 is 1.59 bits per heavy atom. The van der Waals surface area contributed by atoms with E-state index in [0.717, 1.165) is 61.4 Å². The van der Waals surface area contributed by atoms with Crippen molar-refractivity contribution >= 4 is 25.3 Å². The Morgan fingerprint density at radius 3 is 2.22 bits per heavy atom. The van der Waals surface area contributed by atoms with Crippen LogP contribution in [0.2, 0.25) is 0 Å². The topological polar surface area (TPSA) is 85.7 Å². The minimum atomic E-state index is -2.74. The second kappa shape index (κ2) is 12.4. The van der Waals surface area contributed by atoms with E-state index >= 15 is 0 Å². The molecule has 2 N–H and O–H groups in total. The van der Waals surface area contributed by atoms with Gasteiger partial charge in [0, 0.05) is 0 Å². The van der Waals surface area contributed by atoms with Gasteiger partial charge in [-0.05, 0) is 5.56 Å². The molecule has 2 aliphatic rings. The third kappa shape index (κ3) is 6.15. The Hall–Kier alpha value is -2.56. The molecule has 6 nitrogen and oxygen atoms in total. The molecule has 2 heterocycles. The van der Waals surface area contributed by atoms with Crippen molar-refractivity contribution in [3.63, 3.8) is 0 Å². The summed E-state index contributed by atoms with van der Waals surface area (Å²) in [5.41, 5.74) is 2.66. The van der Waals surface area contributed by atoms with Crippen LogP contribution in [0.15, 0.2) is 95.9 Å². The van der Waals surface area contributed by atoms with Crippen molar-refractivity contribution in [3.05, 3.63) is 114 Å². The fraction of sp³-hybridized carbons (Fsp3) is 0.394. The Bertz CT molecular complexity index is 1520. The van der Waals surface area contributed by atoms with Gasteiger partial charge in [0.05, 0.1) is 0 Å². The van der Waals surface area contributed by atoms with Crippen LogP contribution in [-0.2, 0) is 18.7 Å². The number of H-pyrrole nitrogens is 1. The van der Waals surface area contributed by atoms with E-state index in [1.165, 1.54) is 17.5 Å². The number of rotatable bonds is 10. The monoisotopic (exact) mass is 681 g/mol. The van der Waals surface area contributed by atoms with Gasteiger partial charge in [0.25, 0.3) is 0 Å². The first kappa shape index (κ1) is 28.6. The molecule has 8 heteroatoms. The molecule has 2 fully saturated rings. The average Bonchev–Trinajstić information content (AvgIpc) is 3.48. The van der Waals surface area contributed by atoms with Gasteiger partial charge in [-0.3, -0.25) is 0 Å². The molecular formula is C33H40IN5OS. The third-order valence-electron chi connectivity index (χ3n) is 9.11. The Morgan fingerprint density at radius 1 is 0.951 bits per heavy atom. The second-order valence-electron chi connectivity index (χ2n) is 11.6. The predicted octanol–water partition coefficient (Wildman–Crippen LogP) is 7.08. The molecule has 1 aliphatic carbocycles. The van der Waals surface area contributed by atoms with Gasteiger partial charge in [0.1, 0.15) is 0 Å². The van der Waals surface area contributed by atoms with E-state index in [4.69, 9.17) is 9.76 Å². The molecule has 4 aromatic rings. The van der Waals surface area contributed by atoms with Crippen LogP contribution in [0.25, 0.3) is 0 Å². The maximum absolute atomic E-state index is 13.8. The van der Waals surface area contributed by atoms with Gasteiger partial charge >= 0.3 is 216 Å². The van der Waals surface area contributed by atoms with Crippen molar-refractivity contribution in [2.45, 2.75) is 48.3 Å². The van der Waals surface area contributed by atoms with Crippen LogP contribution in [0.3, 0.4) is 0 Å². The van der Waals surface area contributed by atoms with E-state index < -0.39 is 25.3 Å². The summed E-state index contributed by atoms with van der Waals surface area (Å²) in [5.74, 6) is 2.84. The first-order valence-electron chi connectivity index (χ1n) is 14.6. The molecule has 1 unspecified atom stereocenters. The summed E-state index contributed by atoms with van der Waals surface area (Å²) >= 11 is -2.13. The number of hydrogen-bond acceptors (Lipinski definition) is 5. The number of benzene rings is 3. The summed E-state index contributed by atoms with van der Waals surface area (Å²) in [5, 5.41) is 7.77. The number of alkyl halides is 2. The van der Waals surface area contributed by atoms with Crippen molar-refractivity contribution in [2.75, 3.05) is 29.0 Å². The second-order valence-corrected chi connectivity index (χ2v) is 24.1. The van der Waals surface area contributed by atoms with Crippen LogP contribution in [0.1, 0.15) is 54.4 Å². The molecule has 3 atom stereocenters. The van der Waals surface area contributed by atoms with E-state index in [2.05, 4.69) is 74.6 Å². The van der Waals surface area contributed by atoms with Gasteiger partial charge in [-0.25, -0.2) is 0 Å². The molecule has 6 rings (SSSR count). The molecule has 0 bridgehead atoms. The zero-order valence-electron chi connectivity index (χ0n) is 23.7. The van der Waals surface area contributed by atoms with Crippen LogP contribution in [-0.4, -0.2) is 53.3 Å². The van der Waals surface area contributed by atoms with Gasteiger partial charge in [0.2, 0.25) is 0 Å². The summed E-state index contributed by atoms with van der Waals surface area (Å²) in [7, 11) is 0. The standard InChI is InChI=1S/C33H40IN5OS/c1-34(41(35,40)30-15-9-4-10-16-30)25-33(28-13-7-3-8-14-28)20-17-29(33)24-39-21-18-27(19-22-39)32-36-31(37-38-32)23-26-11-5-2-6-12-26/h2-16,27,29,35H,17-25H2,1H3,(H,36,37,38)/t29-,33-,41?/m1/s1. The number of nitrogens with zero attached hydrogens (tertiary/aromatic N) is 3. The molecule has 1 aromatic heterocycles. The maximum atomic E-state index is 13.8. The quantitative estimate of drug-likeness (QED) is 0.107. The zero-order chi connectivity index (χ0) is 28.3. The number of aromatic amines is 1. The van der Waals surface area contributed by atoms with E-state index in [1.807, 2.05) is 36.4 Å². The van der Waals surface area contributed by atoms with Crippen LogP contribution in [0, 0.1) is 10.7 Å². The first-order valence-corrected chi connectivity index (χ1v) is 22.4. The zero-order valence-corrected chi connectivity index (χ0v) is 26.7. The molecule has 216 valence electrons. The fourth-order valence-electron chi connectivity index (χ4n) is 6.57. The predicted molar refractivity (Wildman–Crippen MR) is 175 cm³/mol. The van der Waals surface area contributed by atoms with Crippen LogP contribution >= 0.6 is 18.4 Å². The Labute approximate surface area is 250 Å². The van der Waals surface area contributed by atoms with Crippen molar-refractivity contribution in [1.82, 2.24) is 20.1 Å². The van der Waals surface area contributed by atoms with Gasteiger partial charge < -0.3 is 0 Å². The number of aromatic nitrogens is 3. The van der Waals surface area contributed by atoms with Crippen molar-refractivity contribution in [2.24, 2.45) is 5.92 Å². The van der Waals surface area contributed by atoms with Crippen LogP contribution in [0.4, 0.5) is 0 Å². The van der Waals surface area contributed by atoms with Crippen molar-refractivity contribution < 1.29 is 4.21 Å². The van der Waals surface area contributed by atoms with E-state index in [1.54, 1.807) is 0 Å². The first-order chi connectivity index (χ1) is 19.9. The van der Waals surface area contributed by atoms with Gasteiger partial charge in [-0.1, -0.05) is 30.3 Å². The third-order valence-corrected chi connectivity index (χ3v) is 21.8. The normalized spacial score (nSPS) is 23.4.